The Morgan fingerprint density at radius 1 is 0.935 bits per heavy atom. The average Bonchev–Trinajstić information content (AvgIpc) is 3.05. The van der Waals surface area contributed by atoms with E-state index in [1.807, 2.05) is 86.7 Å². The van der Waals surface area contributed by atoms with Gasteiger partial charge in [0.2, 0.25) is 0 Å². The topological polar surface area (TPSA) is 38.8 Å². The van der Waals surface area contributed by atoms with E-state index in [2.05, 4.69) is 0 Å². The van der Waals surface area contributed by atoms with E-state index in [0.29, 0.717) is 41.9 Å². The Balaban J connectivity index is 1.64. The lowest BCUT2D eigenvalue weighted by Gasteiger charge is -2.14. The van der Waals surface area contributed by atoms with Crippen molar-refractivity contribution in [3.05, 3.63) is 88.4 Å². The molecule has 31 heavy (non-hydrogen) atoms. The average molecular weight is 434 g/mol. The molecular formula is C26H24ClNO3. The molecule has 158 valence electrons. The Bertz CT molecular complexity index is 1140. The van der Waals surface area contributed by atoms with Gasteiger partial charge in [-0.25, -0.2) is 0 Å². The van der Waals surface area contributed by atoms with E-state index in [9.17, 15) is 4.79 Å². The fraction of sp³-hybridized carbons (Fsp3) is 0.192. The number of anilines is 1. The maximum Gasteiger partial charge on any atom is 0.258 e. The Kier molecular flexibility index (Phi) is 6.28. The molecule has 4 rings (SSSR count). The molecule has 0 N–H and O–H groups in total. The standard InChI is InChI=1S/C26H24ClNO3/c1-3-28-23-12-8-6-10-20(23)21(26(28)29)15-18-13-14-24(25(16-18)30-4-2)31-17-19-9-5-7-11-22(19)27/h5-16H,3-4,17H2,1-2H3/b21-15-. The molecule has 0 fully saturated rings. The van der Waals surface area contributed by atoms with Crippen molar-refractivity contribution in [1.29, 1.82) is 0 Å². The number of halogens is 1. The van der Waals surface area contributed by atoms with Crippen LogP contribution in [0.3, 0.4) is 0 Å². The summed E-state index contributed by atoms with van der Waals surface area (Å²) in [7, 11) is 0. The Morgan fingerprint density at radius 3 is 2.48 bits per heavy atom. The van der Waals surface area contributed by atoms with Crippen molar-refractivity contribution in [2.24, 2.45) is 0 Å². The van der Waals surface area contributed by atoms with Crippen LogP contribution in [0.5, 0.6) is 11.5 Å². The zero-order valence-corrected chi connectivity index (χ0v) is 18.4. The quantitative estimate of drug-likeness (QED) is 0.415. The molecular weight excluding hydrogens is 410 g/mol. The third kappa shape index (κ3) is 4.30. The summed E-state index contributed by atoms with van der Waals surface area (Å²) in [4.78, 5) is 14.8. The number of carbonyl (C=O) groups is 1. The minimum atomic E-state index is 0.0145. The molecule has 0 saturated heterocycles. The first kappa shape index (κ1) is 21.0. The number of fused-ring (bicyclic) bond motifs is 1. The molecule has 1 heterocycles. The van der Waals surface area contributed by atoms with Crippen molar-refractivity contribution < 1.29 is 14.3 Å². The molecule has 1 aliphatic heterocycles. The third-order valence-corrected chi connectivity index (χ3v) is 5.57. The van der Waals surface area contributed by atoms with Crippen LogP contribution in [0.2, 0.25) is 5.02 Å². The number of hydrogen-bond acceptors (Lipinski definition) is 3. The third-order valence-electron chi connectivity index (χ3n) is 5.20. The van der Waals surface area contributed by atoms with Crippen LogP contribution in [0.15, 0.2) is 66.7 Å². The first-order valence-electron chi connectivity index (χ1n) is 10.4. The monoisotopic (exact) mass is 433 g/mol. The van der Waals surface area contributed by atoms with Gasteiger partial charge < -0.3 is 14.4 Å². The summed E-state index contributed by atoms with van der Waals surface area (Å²) in [5.41, 5.74) is 4.37. The largest absolute Gasteiger partial charge is 0.490 e. The summed E-state index contributed by atoms with van der Waals surface area (Å²) >= 11 is 6.24. The van der Waals surface area contributed by atoms with E-state index in [0.717, 1.165) is 22.4 Å². The lowest BCUT2D eigenvalue weighted by molar-refractivity contribution is -0.112. The molecule has 4 nitrogen and oxygen atoms in total. The number of hydrogen-bond donors (Lipinski definition) is 0. The second-order valence-corrected chi connectivity index (χ2v) is 7.55. The van der Waals surface area contributed by atoms with Crippen LogP contribution in [0.1, 0.15) is 30.5 Å². The van der Waals surface area contributed by atoms with Crippen LogP contribution in [-0.4, -0.2) is 19.1 Å². The van der Waals surface area contributed by atoms with Gasteiger partial charge in [-0.3, -0.25) is 4.79 Å². The number of ether oxygens (including phenoxy) is 2. The molecule has 1 amide bonds. The smallest absolute Gasteiger partial charge is 0.258 e. The fourth-order valence-corrected chi connectivity index (χ4v) is 3.89. The molecule has 0 radical (unpaired) electrons. The van der Waals surface area contributed by atoms with Gasteiger partial charge in [0.25, 0.3) is 5.91 Å². The van der Waals surface area contributed by atoms with Crippen LogP contribution in [0, 0.1) is 0 Å². The number of para-hydroxylation sites is 1. The predicted molar refractivity (Wildman–Crippen MR) is 126 cm³/mol. The molecule has 0 aromatic heterocycles. The molecule has 0 saturated carbocycles. The molecule has 0 aliphatic carbocycles. The zero-order valence-electron chi connectivity index (χ0n) is 17.6. The maximum absolute atomic E-state index is 13.0. The fourth-order valence-electron chi connectivity index (χ4n) is 3.70. The van der Waals surface area contributed by atoms with Crippen molar-refractivity contribution in [1.82, 2.24) is 0 Å². The van der Waals surface area contributed by atoms with Gasteiger partial charge in [-0.2, -0.15) is 0 Å². The van der Waals surface area contributed by atoms with Gasteiger partial charge >= 0.3 is 0 Å². The lowest BCUT2D eigenvalue weighted by atomic mass is 10.0. The molecule has 0 spiro atoms. The van der Waals surface area contributed by atoms with Gasteiger partial charge in [-0.1, -0.05) is 54.1 Å². The minimum Gasteiger partial charge on any atom is -0.490 e. The summed E-state index contributed by atoms with van der Waals surface area (Å²) in [5, 5.41) is 0.667. The number of carbonyl (C=O) groups excluding carboxylic acids is 1. The molecule has 5 heteroatoms. The van der Waals surface area contributed by atoms with Crippen molar-refractivity contribution in [3.8, 4) is 11.5 Å². The molecule has 3 aromatic carbocycles. The number of likely N-dealkylation sites (N-methyl/N-ethyl adjacent to an activating group) is 1. The van der Waals surface area contributed by atoms with E-state index in [1.54, 1.807) is 4.90 Å². The van der Waals surface area contributed by atoms with Gasteiger partial charge in [0.05, 0.1) is 12.3 Å². The number of rotatable bonds is 7. The lowest BCUT2D eigenvalue weighted by Crippen LogP contribution is -2.25. The minimum absolute atomic E-state index is 0.0145. The summed E-state index contributed by atoms with van der Waals surface area (Å²) in [6.07, 6.45) is 1.91. The summed E-state index contributed by atoms with van der Waals surface area (Å²) in [6.45, 7) is 5.40. The van der Waals surface area contributed by atoms with E-state index in [4.69, 9.17) is 21.1 Å². The van der Waals surface area contributed by atoms with Gasteiger partial charge in [0.15, 0.2) is 11.5 Å². The van der Waals surface area contributed by atoms with E-state index < -0.39 is 0 Å². The van der Waals surface area contributed by atoms with Crippen molar-refractivity contribution in [2.75, 3.05) is 18.1 Å². The zero-order chi connectivity index (χ0) is 21.8. The van der Waals surface area contributed by atoms with Crippen LogP contribution in [0.25, 0.3) is 11.6 Å². The van der Waals surface area contributed by atoms with E-state index >= 15 is 0 Å². The highest BCUT2D eigenvalue weighted by Crippen LogP contribution is 2.38. The number of amides is 1. The SMILES string of the molecule is CCOc1cc(/C=C2\C(=O)N(CC)c3ccccc32)ccc1OCc1ccccc1Cl. The summed E-state index contributed by atoms with van der Waals surface area (Å²) < 4.78 is 11.8. The van der Waals surface area contributed by atoms with E-state index in [-0.39, 0.29) is 5.91 Å². The van der Waals surface area contributed by atoms with Gasteiger partial charge in [0.1, 0.15) is 6.61 Å². The predicted octanol–water partition coefficient (Wildman–Crippen LogP) is 6.22. The maximum atomic E-state index is 13.0. The van der Waals surface area contributed by atoms with Gasteiger partial charge in [-0.15, -0.1) is 0 Å². The summed E-state index contributed by atoms with van der Waals surface area (Å²) in [5.74, 6) is 1.29. The number of nitrogens with zero attached hydrogens (tertiary/aromatic N) is 1. The Morgan fingerprint density at radius 2 is 1.71 bits per heavy atom. The van der Waals surface area contributed by atoms with Crippen LogP contribution >= 0.6 is 11.6 Å². The van der Waals surface area contributed by atoms with Gasteiger partial charge in [0, 0.05) is 28.3 Å². The number of benzene rings is 3. The van der Waals surface area contributed by atoms with Crippen molar-refractivity contribution in [3.63, 3.8) is 0 Å². The highest BCUT2D eigenvalue weighted by molar-refractivity contribution is 6.35. The normalized spacial score (nSPS) is 14.1. The molecule has 0 atom stereocenters. The van der Waals surface area contributed by atoms with E-state index in [1.165, 1.54) is 0 Å². The first-order valence-corrected chi connectivity index (χ1v) is 10.8. The van der Waals surface area contributed by atoms with Crippen LogP contribution < -0.4 is 14.4 Å². The molecule has 3 aromatic rings. The Hall–Kier alpha value is -3.24. The van der Waals surface area contributed by atoms with Crippen LogP contribution in [0.4, 0.5) is 5.69 Å². The van der Waals surface area contributed by atoms with Crippen LogP contribution in [-0.2, 0) is 11.4 Å². The summed E-state index contributed by atoms with van der Waals surface area (Å²) in [6, 6.07) is 21.2. The van der Waals surface area contributed by atoms with Crippen molar-refractivity contribution in [2.45, 2.75) is 20.5 Å². The highest BCUT2D eigenvalue weighted by Gasteiger charge is 2.30. The molecule has 1 aliphatic rings. The Labute approximate surface area is 187 Å². The van der Waals surface area contributed by atoms with Crippen molar-refractivity contribution >= 4 is 34.8 Å². The second kappa shape index (κ2) is 9.27. The van der Waals surface area contributed by atoms with Gasteiger partial charge in [-0.05, 0) is 49.8 Å². The second-order valence-electron chi connectivity index (χ2n) is 7.14. The molecule has 0 bridgehead atoms. The first-order chi connectivity index (χ1) is 15.1. The molecule has 0 unspecified atom stereocenters. The highest BCUT2D eigenvalue weighted by atomic mass is 35.5.